The Bertz CT molecular complexity index is 639. The third-order valence-corrected chi connectivity index (χ3v) is 5.27. The average Bonchev–Trinajstić information content (AvgIpc) is 3.18. The van der Waals surface area contributed by atoms with Gasteiger partial charge in [-0.25, -0.2) is 8.42 Å². The van der Waals surface area contributed by atoms with Gasteiger partial charge in [-0.1, -0.05) is 0 Å². The summed E-state index contributed by atoms with van der Waals surface area (Å²) in [5.74, 6) is 0.00375. The number of piperazine rings is 1. The van der Waals surface area contributed by atoms with Crippen LogP contribution in [0.3, 0.4) is 0 Å². The first-order valence-corrected chi connectivity index (χ1v) is 8.64. The SMILES string of the molecule is CS(=O)(=O)c1ccc(C(=O)N2CCNCC23CC3)cc1.Cl. The first-order valence-electron chi connectivity index (χ1n) is 6.75. The number of hydrogen-bond donors (Lipinski definition) is 1. The fourth-order valence-corrected chi connectivity index (χ4v) is 3.38. The summed E-state index contributed by atoms with van der Waals surface area (Å²) in [6.07, 6.45) is 3.26. The van der Waals surface area contributed by atoms with Gasteiger partial charge in [0, 0.05) is 31.5 Å². The van der Waals surface area contributed by atoms with E-state index in [-0.39, 0.29) is 28.7 Å². The lowest BCUT2D eigenvalue weighted by atomic mass is 10.1. The number of benzene rings is 1. The second kappa shape index (κ2) is 5.59. The molecule has 5 nitrogen and oxygen atoms in total. The van der Waals surface area contributed by atoms with E-state index in [0.29, 0.717) is 12.1 Å². The fraction of sp³-hybridized carbons (Fsp3) is 0.500. The summed E-state index contributed by atoms with van der Waals surface area (Å²) >= 11 is 0. The van der Waals surface area contributed by atoms with E-state index in [4.69, 9.17) is 0 Å². The average molecular weight is 331 g/mol. The molecular weight excluding hydrogens is 312 g/mol. The van der Waals surface area contributed by atoms with E-state index in [1.165, 1.54) is 18.4 Å². The molecule has 1 aromatic rings. The van der Waals surface area contributed by atoms with Crippen LogP contribution in [0.2, 0.25) is 0 Å². The van der Waals surface area contributed by atoms with Gasteiger partial charge in [-0.3, -0.25) is 4.79 Å². The Kier molecular flexibility index (Phi) is 4.33. The molecular formula is C14H19ClN2O3S. The molecule has 1 aliphatic heterocycles. The van der Waals surface area contributed by atoms with Crippen LogP contribution in [-0.4, -0.2) is 50.7 Å². The van der Waals surface area contributed by atoms with Gasteiger partial charge in [-0.05, 0) is 37.1 Å². The lowest BCUT2D eigenvalue weighted by molar-refractivity contribution is 0.0600. The Morgan fingerprint density at radius 1 is 1.24 bits per heavy atom. The minimum Gasteiger partial charge on any atom is -0.330 e. The van der Waals surface area contributed by atoms with Crippen molar-refractivity contribution in [3.05, 3.63) is 29.8 Å². The molecule has 0 radical (unpaired) electrons. The molecule has 2 fully saturated rings. The topological polar surface area (TPSA) is 66.5 Å². The van der Waals surface area contributed by atoms with Crippen LogP contribution in [0.1, 0.15) is 23.2 Å². The molecule has 116 valence electrons. The number of rotatable bonds is 2. The van der Waals surface area contributed by atoms with Gasteiger partial charge in [0.15, 0.2) is 9.84 Å². The summed E-state index contributed by atoms with van der Waals surface area (Å²) in [7, 11) is -3.22. The van der Waals surface area contributed by atoms with Crippen LogP contribution in [0, 0.1) is 0 Å². The molecule has 0 unspecified atom stereocenters. The second-order valence-electron chi connectivity index (χ2n) is 5.65. The Morgan fingerprint density at radius 3 is 2.38 bits per heavy atom. The highest BCUT2D eigenvalue weighted by Gasteiger charge is 2.51. The highest BCUT2D eigenvalue weighted by atomic mass is 35.5. The monoisotopic (exact) mass is 330 g/mol. The van der Waals surface area contributed by atoms with E-state index in [1.54, 1.807) is 12.1 Å². The molecule has 21 heavy (non-hydrogen) atoms. The van der Waals surface area contributed by atoms with Crippen molar-refractivity contribution in [2.75, 3.05) is 25.9 Å². The zero-order valence-electron chi connectivity index (χ0n) is 11.8. The smallest absolute Gasteiger partial charge is 0.254 e. The first kappa shape index (κ1) is 16.3. The van der Waals surface area contributed by atoms with Crippen molar-refractivity contribution in [3.8, 4) is 0 Å². The summed E-state index contributed by atoms with van der Waals surface area (Å²) in [5, 5.41) is 3.33. The number of nitrogens with zero attached hydrogens (tertiary/aromatic N) is 1. The zero-order valence-corrected chi connectivity index (χ0v) is 13.5. The summed E-state index contributed by atoms with van der Waals surface area (Å²) < 4.78 is 22.9. The molecule has 3 rings (SSSR count). The lowest BCUT2D eigenvalue weighted by Crippen LogP contribution is -2.55. The molecule has 2 aliphatic rings. The molecule has 1 saturated carbocycles. The largest absolute Gasteiger partial charge is 0.330 e. The normalized spacial score (nSPS) is 20.0. The van der Waals surface area contributed by atoms with E-state index in [1.807, 2.05) is 4.90 Å². The quantitative estimate of drug-likeness (QED) is 0.881. The number of halogens is 1. The molecule has 1 spiro atoms. The number of sulfone groups is 1. The van der Waals surface area contributed by atoms with Crippen LogP contribution in [0.25, 0.3) is 0 Å². The third kappa shape index (κ3) is 3.07. The van der Waals surface area contributed by atoms with Gasteiger partial charge < -0.3 is 10.2 Å². The highest BCUT2D eigenvalue weighted by Crippen LogP contribution is 2.42. The minimum absolute atomic E-state index is 0. The van der Waals surface area contributed by atoms with Gasteiger partial charge in [0.05, 0.1) is 10.4 Å². The van der Waals surface area contributed by atoms with Crippen molar-refractivity contribution in [2.45, 2.75) is 23.3 Å². The molecule has 1 amide bonds. The number of carbonyl (C=O) groups excluding carboxylic acids is 1. The standard InChI is InChI=1S/C14H18N2O3S.ClH/c1-20(18,19)12-4-2-11(3-5-12)13(17)16-9-8-15-10-14(16)6-7-14;/h2-5,15H,6-10H2,1H3;1H. The van der Waals surface area contributed by atoms with E-state index >= 15 is 0 Å². The van der Waals surface area contributed by atoms with Crippen molar-refractivity contribution in [2.24, 2.45) is 0 Å². The van der Waals surface area contributed by atoms with Crippen molar-refractivity contribution in [1.82, 2.24) is 10.2 Å². The number of carbonyl (C=O) groups is 1. The van der Waals surface area contributed by atoms with Crippen LogP contribution < -0.4 is 5.32 Å². The Labute approximate surface area is 131 Å². The highest BCUT2D eigenvalue weighted by molar-refractivity contribution is 7.90. The summed E-state index contributed by atoms with van der Waals surface area (Å²) in [4.78, 5) is 14.8. The van der Waals surface area contributed by atoms with Crippen molar-refractivity contribution < 1.29 is 13.2 Å². The predicted octanol–water partition coefficient (Wildman–Crippen LogP) is 1.09. The molecule has 1 saturated heterocycles. The molecule has 0 aromatic heterocycles. The molecule has 0 atom stereocenters. The molecule has 1 heterocycles. The number of nitrogens with one attached hydrogen (secondary N) is 1. The van der Waals surface area contributed by atoms with Gasteiger partial charge in [-0.2, -0.15) is 0 Å². The summed E-state index contributed by atoms with van der Waals surface area (Å²) in [6.45, 7) is 2.39. The van der Waals surface area contributed by atoms with Crippen molar-refractivity contribution >= 4 is 28.2 Å². The van der Waals surface area contributed by atoms with Gasteiger partial charge in [0.1, 0.15) is 0 Å². The van der Waals surface area contributed by atoms with Crippen molar-refractivity contribution in [3.63, 3.8) is 0 Å². The summed E-state index contributed by atoms with van der Waals surface area (Å²) in [6, 6.07) is 6.22. The molecule has 1 N–H and O–H groups in total. The van der Waals surface area contributed by atoms with E-state index < -0.39 is 9.84 Å². The zero-order chi connectivity index (χ0) is 14.4. The molecule has 7 heteroatoms. The Morgan fingerprint density at radius 2 is 1.86 bits per heavy atom. The predicted molar refractivity (Wildman–Crippen MR) is 82.7 cm³/mol. The fourth-order valence-electron chi connectivity index (χ4n) is 2.75. The van der Waals surface area contributed by atoms with Gasteiger partial charge in [-0.15, -0.1) is 12.4 Å². The Balaban J connectivity index is 0.00000161. The summed E-state index contributed by atoms with van der Waals surface area (Å²) in [5.41, 5.74) is 0.566. The molecule has 1 aliphatic carbocycles. The van der Waals surface area contributed by atoms with Crippen LogP contribution in [0.4, 0.5) is 0 Å². The van der Waals surface area contributed by atoms with Crippen LogP contribution in [0.5, 0.6) is 0 Å². The lowest BCUT2D eigenvalue weighted by Gasteiger charge is -2.36. The minimum atomic E-state index is -3.22. The maximum atomic E-state index is 12.6. The second-order valence-corrected chi connectivity index (χ2v) is 7.67. The van der Waals surface area contributed by atoms with E-state index in [2.05, 4.69) is 5.32 Å². The Hall–Kier alpha value is -1.11. The maximum absolute atomic E-state index is 12.6. The van der Waals surface area contributed by atoms with Gasteiger partial charge in [0.2, 0.25) is 0 Å². The third-order valence-electron chi connectivity index (χ3n) is 4.14. The molecule has 0 bridgehead atoms. The van der Waals surface area contributed by atoms with Crippen LogP contribution in [-0.2, 0) is 9.84 Å². The van der Waals surface area contributed by atoms with Crippen LogP contribution >= 0.6 is 12.4 Å². The van der Waals surface area contributed by atoms with Gasteiger partial charge in [0.25, 0.3) is 5.91 Å². The number of hydrogen-bond acceptors (Lipinski definition) is 4. The van der Waals surface area contributed by atoms with Gasteiger partial charge >= 0.3 is 0 Å². The first-order chi connectivity index (χ1) is 9.42. The van der Waals surface area contributed by atoms with E-state index in [9.17, 15) is 13.2 Å². The number of amides is 1. The maximum Gasteiger partial charge on any atom is 0.254 e. The van der Waals surface area contributed by atoms with Crippen molar-refractivity contribution in [1.29, 1.82) is 0 Å². The van der Waals surface area contributed by atoms with Crippen LogP contribution in [0.15, 0.2) is 29.2 Å². The molecule has 1 aromatic carbocycles. The van der Waals surface area contributed by atoms with E-state index in [0.717, 1.165) is 25.9 Å².